The van der Waals surface area contributed by atoms with Crippen LogP contribution in [0.15, 0.2) is 6.07 Å². The summed E-state index contributed by atoms with van der Waals surface area (Å²) in [5, 5.41) is 9.11. The molecule has 0 saturated carbocycles. The maximum Gasteiger partial charge on any atom is 0.258 e. The average molecular weight is 268 g/mol. The van der Waals surface area contributed by atoms with Gasteiger partial charge in [-0.15, -0.1) is 0 Å². The maximum atomic E-state index is 13.7. The lowest BCUT2D eigenvalue weighted by Crippen LogP contribution is -2.35. The molecule has 6 heteroatoms. The van der Waals surface area contributed by atoms with Crippen LogP contribution in [0.1, 0.15) is 42.2 Å². The van der Waals surface area contributed by atoms with E-state index in [1.807, 2.05) is 6.07 Å². The SMILES string of the molecule is CCC(C)N1C(=O)c2c(cc(F)c(F)c2F)C1C#N. The Morgan fingerprint density at radius 1 is 1.42 bits per heavy atom. The van der Waals surface area contributed by atoms with Gasteiger partial charge in [0.1, 0.15) is 6.04 Å². The second-order valence-corrected chi connectivity index (χ2v) is 4.45. The summed E-state index contributed by atoms with van der Waals surface area (Å²) >= 11 is 0. The minimum Gasteiger partial charge on any atom is -0.316 e. The molecule has 1 aliphatic rings. The molecule has 3 nitrogen and oxygen atoms in total. The molecule has 0 spiro atoms. The Kier molecular flexibility index (Phi) is 3.23. The van der Waals surface area contributed by atoms with Gasteiger partial charge in [-0.25, -0.2) is 13.2 Å². The molecule has 0 aliphatic carbocycles. The number of rotatable bonds is 2. The Bertz CT molecular complexity index is 595. The predicted molar refractivity (Wildman–Crippen MR) is 60.6 cm³/mol. The number of hydrogen-bond donors (Lipinski definition) is 0. The van der Waals surface area contributed by atoms with Gasteiger partial charge in [0.05, 0.1) is 11.6 Å². The Hall–Kier alpha value is -2.03. The zero-order chi connectivity index (χ0) is 14.3. The third kappa shape index (κ3) is 1.77. The Labute approximate surface area is 108 Å². The number of carbonyl (C=O) groups is 1. The van der Waals surface area contributed by atoms with Crippen molar-refractivity contribution in [2.45, 2.75) is 32.4 Å². The minimum atomic E-state index is -1.69. The van der Waals surface area contributed by atoms with Crippen LogP contribution in [-0.4, -0.2) is 16.8 Å². The normalized spacial score (nSPS) is 19.3. The second-order valence-electron chi connectivity index (χ2n) is 4.45. The number of nitriles is 1. The van der Waals surface area contributed by atoms with Crippen LogP contribution >= 0.6 is 0 Å². The van der Waals surface area contributed by atoms with Crippen LogP contribution in [0.2, 0.25) is 0 Å². The highest BCUT2D eigenvalue weighted by Crippen LogP contribution is 2.38. The molecule has 19 heavy (non-hydrogen) atoms. The average Bonchev–Trinajstić information content (AvgIpc) is 2.67. The summed E-state index contributed by atoms with van der Waals surface area (Å²) < 4.78 is 40.1. The van der Waals surface area contributed by atoms with E-state index in [9.17, 15) is 18.0 Å². The van der Waals surface area contributed by atoms with Crippen LogP contribution in [-0.2, 0) is 0 Å². The Balaban J connectivity index is 2.66. The molecule has 1 aliphatic heterocycles. The van der Waals surface area contributed by atoms with Crippen molar-refractivity contribution < 1.29 is 18.0 Å². The van der Waals surface area contributed by atoms with Gasteiger partial charge < -0.3 is 4.90 Å². The number of carbonyl (C=O) groups excluding carboxylic acids is 1. The molecule has 0 fully saturated rings. The molecule has 0 bridgehead atoms. The number of fused-ring (bicyclic) bond motifs is 1. The molecule has 2 rings (SSSR count). The topological polar surface area (TPSA) is 44.1 Å². The standard InChI is InChI=1S/C13H11F3N2O/c1-3-6(2)18-9(5-17)7-4-8(14)11(15)12(16)10(7)13(18)19/h4,6,9H,3H2,1-2H3. The zero-order valence-electron chi connectivity index (χ0n) is 10.4. The zero-order valence-corrected chi connectivity index (χ0v) is 10.4. The summed E-state index contributed by atoms with van der Waals surface area (Å²) in [6.07, 6.45) is 0.546. The van der Waals surface area contributed by atoms with Crippen molar-refractivity contribution in [1.82, 2.24) is 4.90 Å². The summed E-state index contributed by atoms with van der Waals surface area (Å²) in [6, 6.07) is 1.16. The van der Waals surface area contributed by atoms with Crippen LogP contribution in [0, 0.1) is 28.8 Å². The van der Waals surface area contributed by atoms with Crippen molar-refractivity contribution in [2.75, 3.05) is 0 Å². The molecular weight excluding hydrogens is 257 g/mol. The van der Waals surface area contributed by atoms with Crippen molar-refractivity contribution in [1.29, 1.82) is 5.26 Å². The first-order valence-corrected chi connectivity index (χ1v) is 5.83. The maximum absolute atomic E-state index is 13.7. The van der Waals surface area contributed by atoms with E-state index in [-0.39, 0.29) is 11.6 Å². The van der Waals surface area contributed by atoms with Gasteiger partial charge in [-0.05, 0) is 19.4 Å². The molecule has 1 amide bonds. The summed E-state index contributed by atoms with van der Waals surface area (Å²) in [4.78, 5) is 13.3. The molecule has 0 aromatic heterocycles. The molecule has 2 unspecified atom stereocenters. The molecule has 1 heterocycles. The van der Waals surface area contributed by atoms with Crippen LogP contribution in [0.25, 0.3) is 0 Å². The largest absolute Gasteiger partial charge is 0.316 e. The van der Waals surface area contributed by atoms with E-state index in [1.54, 1.807) is 13.8 Å². The van der Waals surface area contributed by atoms with E-state index < -0.39 is 35.0 Å². The van der Waals surface area contributed by atoms with Gasteiger partial charge in [0.2, 0.25) is 0 Å². The minimum absolute atomic E-state index is 0.107. The van der Waals surface area contributed by atoms with Gasteiger partial charge in [-0.3, -0.25) is 4.79 Å². The fraction of sp³-hybridized carbons (Fsp3) is 0.385. The van der Waals surface area contributed by atoms with Crippen LogP contribution in [0.3, 0.4) is 0 Å². The molecular formula is C13H11F3N2O. The van der Waals surface area contributed by atoms with Gasteiger partial charge in [-0.1, -0.05) is 6.92 Å². The van der Waals surface area contributed by atoms with E-state index in [4.69, 9.17) is 5.26 Å². The predicted octanol–water partition coefficient (Wildman–Crippen LogP) is 2.92. The van der Waals surface area contributed by atoms with Crippen molar-refractivity contribution in [3.8, 4) is 6.07 Å². The van der Waals surface area contributed by atoms with E-state index in [1.165, 1.54) is 0 Å². The van der Waals surface area contributed by atoms with Gasteiger partial charge in [0.25, 0.3) is 5.91 Å². The monoisotopic (exact) mass is 268 g/mol. The van der Waals surface area contributed by atoms with E-state index in [0.717, 1.165) is 11.0 Å². The summed E-state index contributed by atoms with van der Waals surface area (Å²) in [6.45, 7) is 3.49. The van der Waals surface area contributed by atoms with Crippen LogP contribution in [0.4, 0.5) is 13.2 Å². The first kappa shape index (κ1) is 13.4. The molecule has 2 atom stereocenters. The first-order chi connectivity index (χ1) is 8.93. The van der Waals surface area contributed by atoms with Crippen LogP contribution in [0.5, 0.6) is 0 Å². The number of halogens is 3. The highest BCUT2D eigenvalue weighted by Gasteiger charge is 2.42. The highest BCUT2D eigenvalue weighted by atomic mass is 19.2. The molecule has 100 valence electrons. The molecule has 1 aromatic rings. The fourth-order valence-electron chi connectivity index (χ4n) is 2.23. The van der Waals surface area contributed by atoms with Gasteiger partial charge in [-0.2, -0.15) is 5.26 Å². The van der Waals surface area contributed by atoms with Gasteiger partial charge in [0.15, 0.2) is 17.5 Å². The quantitative estimate of drug-likeness (QED) is 0.774. The molecule has 1 aromatic carbocycles. The number of nitrogens with zero attached hydrogens (tertiary/aromatic N) is 2. The smallest absolute Gasteiger partial charge is 0.258 e. The molecule has 0 radical (unpaired) electrons. The number of amides is 1. The Morgan fingerprint density at radius 3 is 2.58 bits per heavy atom. The van der Waals surface area contributed by atoms with E-state index in [0.29, 0.717) is 6.42 Å². The number of hydrogen-bond acceptors (Lipinski definition) is 2. The highest BCUT2D eigenvalue weighted by molar-refractivity contribution is 6.00. The lowest BCUT2D eigenvalue weighted by Gasteiger charge is -2.26. The second kappa shape index (κ2) is 4.57. The van der Waals surface area contributed by atoms with Crippen LogP contribution < -0.4 is 0 Å². The van der Waals surface area contributed by atoms with Crippen molar-refractivity contribution in [2.24, 2.45) is 0 Å². The van der Waals surface area contributed by atoms with Crippen molar-refractivity contribution in [3.05, 3.63) is 34.6 Å². The third-order valence-corrected chi connectivity index (χ3v) is 3.40. The third-order valence-electron chi connectivity index (χ3n) is 3.40. The summed E-state index contributed by atoms with van der Waals surface area (Å²) in [5.74, 6) is -5.37. The van der Waals surface area contributed by atoms with Crippen molar-refractivity contribution in [3.63, 3.8) is 0 Å². The van der Waals surface area contributed by atoms with E-state index >= 15 is 0 Å². The molecule has 0 saturated heterocycles. The van der Waals surface area contributed by atoms with Gasteiger partial charge >= 0.3 is 0 Å². The van der Waals surface area contributed by atoms with E-state index in [2.05, 4.69) is 0 Å². The lowest BCUT2D eigenvalue weighted by molar-refractivity contribution is 0.0681. The molecule has 0 N–H and O–H groups in total. The Morgan fingerprint density at radius 2 is 2.05 bits per heavy atom. The first-order valence-electron chi connectivity index (χ1n) is 5.83. The summed E-state index contributed by atoms with van der Waals surface area (Å²) in [5.41, 5.74) is -0.644. The summed E-state index contributed by atoms with van der Waals surface area (Å²) in [7, 11) is 0. The fourth-order valence-corrected chi connectivity index (χ4v) is 2.23. The van der Waals surface area contributed by atoms with Gasteiger partial charge in [0, 0.05) is 11.6 Å². The van der Waals surface area contributed by atoms with Crippen molar-refractivity contribution >= 4 is 5.91 Å². The lowest BCUT2D eigenvalue weighted by atomic mass is 10.0. The number of benzene rings is 1.